The average Bonchev–Trinajstić information content (AvgIpc) is 0.807. The van der Waals surface area contributed by atoms with Crippen LogP contribution in [0.5, 0.6) is 28.7 Å². The molecule has 10 N–H and O–H groups in total. The number of nitrogens with two attached hydrogens (primary N) is 1. The van der Waals surface area contributed by atoms with Crippen LogP contribution in [0.2, 0.25) is 0 Å². The molecule has 2 aromatic heterocycles. The molecule has 19 rings (SSSR count). The number of sulfone groups is 1. The Morgan fingerprint density at radius 2 is 1.31 bits per heavy atom. The highest BCUT2D eigenvalue weighted by Gasteiger charge is 2.37. The summed E-state index contributed by atoms with van der Waals surface area (Å²) >= 11 is 0. The number of hydrogen-bond donors (Lipinski definition) is 9. The van der Waals surface area contributed by atoms with Crippen molar-refractivity contribution in [3.63, 3.8) is 0 Å². The molecule has 0 radical (unpaired) electrons. The van der Waals surface area contributed by atoms with Gasteiger partial charge in [-0.2, -0.15) is 10.4 Å². The van der Waals surface area contributed by atoms with E-state index in [4.69, 9.17) is 33.5 Å². The second-order valence-corrected chi connectivity index (χ2v) is 36.0. The van der Waals surface area contributed by atoms with Gasteiger partial charge in [-0.3, -0.25) is 29.8 Å². The number of carbonyl (C=O) groups excluding carboxylic acids is 3. The number of fused-ring (bicyclic) bond motifs is 4. The van der Waals surface area contributed by atoms with Crippen LogP contribution in [0.3, 0.4) is 0 Å². The number of aryl methyl sites for hydroxylation is 2. The van der Waals surface area contributed by atoms with Gasteiger partial charge >= 0.3 is 5.63 Å². The summed E-state index contributed by atoms with van der Waals surface area (Å²) in [4.78, 5) is 55.3. The van der Waals surface area contributed by atoms with E-state index in [2.05, 4.69) is 200 Å². The van der Waals surface area contributed by atoms with E-state index < -0.39 is 27.3 Å². The Hall–Kier alpha value is -15.7. The molecule has 4 aliphatic heterocycles. The van der Waals surface area contributed by atoms with Crippen molar-refractivity contribution in [2.24, 2.45) is 26.9 Å². The van der Waals surface area contributed by atoms with Gasteiger partial charge in [-0.15, -0.1) is 5.11 Å². The van der Waals surface area contributed by atoms with Crippen LogP contribution in [-0.2, 0) is 33.4 Å². The summed E-state index contributed by atoms with van der Waals surface area (Å²) in [5, 5.41) is 55.9. The lowest BCUT2D eigenvalue weighted by Gasteiger charge is -2.35. The molecular weight excluding hydrogens is 1760 g/mol. The van der Waals surface area contributed by atoms with Crippen molar-refractivity contribution in [2.45, 2.75) is 138 Å². The van der Waals surface area contributed by atoms with Gasteiger partial charge in [0.25, 0.3) is 17.5 Å². The van der Waals surface area contributed by atoms with E-state index in [0.29, 0.717) is 75.5 Å². The summed E-state index contributed by atoms with van der Waals surface area (Å²) in [6.45, 7) is 15.5. The van der Waals surface area contributed by atoms with Crippen LogP contribution in [0.25, 0.3) is 11.0 Å². The van der Waals surface area contributed by atoms with Crippen molar-refractivity contribution in [1.29, 1.82) is 5.26 Å². The molecule has 2 saturated carbocycles. The van der Waals surface area contributed by atoms with E-state index in [0.717, 1.165) is 80.5 Å². The standard InChI is InChI=1S/C26H30N2.C21H18N2O4S.C20H14N2O5.C19H21NO2.C15H16N2O2.C9H14N4O/c1-21-12-14-24(15-13-21)26(23-10-6-3-7-11-23)27-25-16-18-28(19-17-25)20-22-8-4-2-5-9-22;1-23(25)20-13-6-5-12-19(20)22-21(24)17-10-7-11-18(14-17)28(26,27)15-16-8-3-2-4-9-16;1-25-15-7-6-10(8-13(15)23)16-12(9-21)19(22)27-18-11-4-2-3-5-14(11)26-20(24)17(16)18;1-2-4-14(5-3-1)15-6-8-16(9-7-15)20-17-10-11-18-19(12-17)22-13-21-18;1-3-12-6-8-13(9-7-12)16-11(2)17-15(18)14-5-4-10-19-14;14-8(7-4-2-1-3-5-7)12-9-10-6-11-13-9/h2-15,25-27H,16-20H2,1H3;2-14H,1,15H2,(H-,22,24,25);2-8,16,23H,22H2,1H3;1-5,10-12,15-16,20H,6-9,13H2;4-10,16H,2-3H2,1H3,(H,17,18);7H,1-6H2,(H,10,12,14)/p+1. The maximum Gasteiger partial charge on any atom is 0.344 e. The van der Waals surface area contributed by atoms with Gasteiger partial charge in [-0.25, -0.2) is 18.2 Å². The molecule has 3 amide bonds. The molecule has 28 heteroatoms. The van der Waals surface area contributed by atoms with Crippen LogP contribution in [0, 0.1) is 24.2 Å². The fourth-order valence-corrected chi connectivity index (χ4v) is 18.5. The lowest BCUT2D eigenvalue weighted by atomic mass is 9.82. The zero-order valence-electron chi connectivity index (χ0n) is 77.4. The van der Waals surface area contributed by atoms with Gasteiger partial charge in [-0.1, -0.05) is 232 Å². The van der Waals surface area contributed by atoms with Crippen LogP contribution in [0.1, 0.15) is 166 Å². The number of nitriles is 1. The Kier molecular flexibility index (Phi) is 34.5. The van der Waals surface area contributed by atoms with Crippen molar-refractivity contribution in [1.82, 2.24) is 20.9 Å². The van der Waals surface area contributed by atoms with Crippen LogP contribution >= 0.6 is 0 Å². The summed E-state index contributed by atoms with van der Waals surface area (Å²) in [5.74, 6) is 2.16. The minimum absolute atomic E-state index is 0.0595. The molecule has 708 valence electrons. The number of amides is 3. The number of azo groups is 1. The number of aliphatic imine (C=N–C) groups is 1. The number of allylic oxidation sites excluding steroid dienone is 1. The first-order valence-electron chi connectivity index (χ1n) is 46.2. The van der Waals surface area contributed by atoms with Gasteiger partial charge < -0.3 is 65.2 Å². The molecule has 2 unspecified atom stereocenters. The minimum Gasteiger partial charge on any atom is -0.504 e. The molecule has 13 aromatic rings. The summed E-state index contributed by atoms with van der Waals surface area (Å²) < 4.78 is 58.0. The first kappa shape index (κ1) is 98.3. The molecule has 0 spiro atoms. The van der Waals surface area contributed by atoms with Crippen molar-refractivity contribution in [3.8, 4) is 34.8 Å². The number of nitrogens with one attached hydrogen (secondary N) is 6. The van der Waals surface area contributed by atoms with E-state index in [-0.39, 0.29) is 80.0 Å². The molecule has 138 heavy (non-hydrogen) atoms. The number of phenolic OH excluding ortho intramolecular Hbond substituents is 1. The molecule has 2 atom stereocenters. The molecule has 3 fully saturated rings. The monoisotopic (exact) mass is 1870 g/mol. The highest BCUT2D eigenvalue weighted by molar-refractivity contribution is 7.90. The van der Waals surface area contributed by atoms with E-state index in [1.54, 1.807) is 97.1 Å². The van der Waals surface area contributed by atoms with Gasteiger partial charge in [0.1, 0.15) is 28.7 Å². The summed E-state index contributed by atoms with van der Waals surface area (Å²) in [5.41, 5.74) is 18.1. The van der Waals surface area contributed by atoms with Crippen LogP contribution < -0.4 is 62.2 Å². The third-order valence-corrected chi connectivity index (χ3v) is 26.1. The van der Waals surface area contributed by atoms with Gasteiger partial charge in [0.15, 0.2) is 57.7 Å². The SMILES string of the molecule is C=C(NC(=O)c1ccco1)Nc1ccc(CC)cc1.C=[N+](O)c1ccccc1NC(=O)c1cccc(S(=O)(=O)Cc2ccccc2)c1.COc1ccc(C2C(C#N)=C(N)Oc3c2c(=O)oc2ccccc32)cc1O.Cc1ccc(C(NC2CCN(Cc3ccccc3)CC2)c2ccccc2)cc1.O=C(NC1=NCN=N1)C1CCCCC1.c1ccc(C2CCC(Nc3ccc4c(c3)OCO4)CC2)cc1. The van der Waals surface area contributed by atoms with E-state index in [9.17, 15) is 43.2 Å². The van der Waals surface area contributed by atoms with E-state index >= 15 is 0 Å². The maximum atomic E-state index is 12.7. The number of piperidine rings is 1. The third kappa shape index (κ3) is 27.1. The van der Waals surface area contributed by atoms with Gasteiger partial charge in [0, 0.05) is 58.4 Å². The number of methoxy groups -OCH3 is 1. The quantitative estimate of drug-likeness (QED) is 0.00944. The zero-order valence-corrected chi connectivity index (χ0v) is 78.2. The number of carbonyl (C=O) groups is 3. The Bertz CT molecular complexity index is 6640. The summed E-state index contributed by atoms with van der Waals surface area (Å²) in [6.07, 6.45) is 15.4. The number of likely N-dealkylation sites (tertiary alicyclic amines) is 1. The maximum absolute atomic E-state index is 12.7. The number of ether oxygens (including phenoxy) is 4. The van der Waals surface area contributed by atoms with Crippen molar-refractivity contribution in [2.75, 3.05) is 49.6 Å². The van der Waals surface area contributed by atoms with Crippen LogP contribution in [0.4, 0.5) is 22.7 Å². The third-order valence-electron chi connectivity index (χ3n) is 24.4. The van der Waals surface area contributed by atoms with Gasteiger partial charge in [-0.05, 0) is 208 Å². The second kappa shape index (κ2) is 48.5. The normalized spacial score (nSPS) is 16.0. The van der Waals surface area contributed by atoms with Crippen molar-refractivity contribution < 1.29 is 65.6 Å². The largest absolute Gasteiger partial charge is 0.504 e. The average molecular weight is 1870 g/mol. The topological polar surface area (TPSA) is 371 Å². The molecular formula is C110H114N13O14S+. The molecule has 27 nitrogen and oxygen atoms in total. The number of guanidine groups is 1. The first-order chi connectivity index (χ1) is 67.1. The number of para-hydroxylation sites is 3. The smallest absolute Gasteiger partial charge is 0.344 e. The molecule has 0 bridgehead atoms. The lowest BCUT2D eigenvalue weighted by Crippen LogP contribution is -2.43. The number of nitrogens with zero attached hydrogens (tertiary/aromatic N) is 6. The summed E-state index contributed by atoms with van der Waals surface area (Å²) in [6, 6.07) is 95.1. The lowest BCUT2D eigenvalue weighted by molar-refractivity contribution is -0.705. The van der Waals surface area contributed by atoms with Crippen molar-refractivity contribution in [3.05, 3.63) is 393 Å². The highest BCUT2D eigenvalue weighted by atomic mass is 32.2. The number of aromatic hydroxyl groups is 1. The van der Waals surface area contributed by atoms with Crippen LogP contribution in [0.15, 0.2) is 355 Å². The number of furan rings is 1. The van der Waals surface area contributed by atoms with Gasteiger partial charge in [0.2, 0.25) is 24.5 Å². The Morgan fingerprint density at radius 3 is 1.98 bits per heavy atom. The highest BCUT2D eigenvalue weighted by Crippen LogP contribution is 2.46. The zero-order chi connectivity index (χ0) is 96.7. The Labute approximate surface area is 803 Å². The number of anilines is 3. The predicted octanol–water partition coefficient (Wildman–Crippen LogP) is 20.9. The molecule has 1 saturated heterocycles. The Morgan fingerprint density at radius 1 is 0.652 bits per heavy atom. The second-order valence-electron chi connectivity index (χ2n) is 34.0. The first-order valence-corrected chi connectivity index (χ1v) is 47.8. The van der Waals surface area contributed by atoms with Gasteiger partial charge in [0.05, 0.1) is 46.9 Å². The fraction of sp³-hybridized carbons (Fsp3) is 0.245. The molecule has 6 aliphatic rings. The predicted molar refractivity (Wildman–Crippen MR) is 535 cm³/mol. The fourth-order valence-electron chi connectivity index (χ4n) is 17.1. The number of phenols is 1. The Balaban J connectivity index is 0.000000134. The summed E-state index contributed by atoms with van der Waals surface area (Å²) in [7, 11) is -2.17. The van der Waals surface area contributed by atoms with Crippen LogP contribution in [-0.4, -0.2) is 105 Å². The van der Waals surface area contributed by atoms with Crippen molar-refractivity contribution >= 4 is 74.0 Å². The minimum atomic E-state index is -3.60. The number of hydrogen-bond acceptors (Lipinski definition) is 23. The van der Waals surface area contributed by atoms with E-state index in [1.807, 2.05) is 48.5 Å². The molecule has 2 aliphatic carbocycles. The van der Waals surface area contributed by atoms with E-state index in [1.165, 1.54) is 122 Å². The molecule has 6 heterocycles. The number of benzene rings is 11. The number of rotatable bonds is 23. The molecule has 11 aromatic carbocycles.